The van der Waals surface area contributed by atoms with Crippen molar-refractivity contribution in [3.63, 3.8) is 0 Å². The molecule has 4 N–H and O–H groups in total. The zero-order valence-corrected chi connectivity index (χ0v) is 29.5. The molecule has 3 atom stereocenters. The smallest absolute Gasteiger partial charge is 0.340 e. The predicted octanol–water partition coefficient (Wildman–Crippen LogP) is 5.21. The Balaban J connectivity index is 1.24. The molecular formula is C36H34F2N5O7PS. The monoisotopic (exact) mass is 749 g/mol. The van der Waals surface area contributed by atoms with Crippen LogP contribution in [0, 0.1) is 11.3 Å². The van der Waals surface area contributed by atoms with E-state index >= 15 is 0 Å². The summed E-state index contributed by atoms with van der Waals surface area (Å²) in [5, 5.41) is 15.3. The molecule has 0 radical (unpaired) electrons. The van der Waals surface area contributed by atoms with E-state index in [1.54, 1.807) is 6.07 Å². The summed E-state index contributed by atoms with van der Waals surface area (Å²) in [6.45, 7) is 1.46. The van der Waals surface area contributed by atoms with E-state index in [1.165, 1.54) is 28.9 Å². The van der Waals surface area contributed by atoms with Crippen molar-refractivity contribution in [3.05, 3.63) is 88.8 Å². The van der Waals surface area contributed by atoms with Crippen LogP contribution in [0.5, 0.6) is 0 Å². The maximum Gasteiger partial charge on any atom is 0.399 e. The second kappa shape index (κ2) is 14.6. The van der Waals surface area contributed by atoms with Crippen LogP contribution >= 0.6 is 18.9 Å². The number of fused-ring (bicyclic) bond motifs is 2. The van der Waals surface area contributed by atoms with E-state index in [0.717, 1.165) is 34.6 Å². The van der Waals surface area contributed by atoms with Crippen molar-refractivity contribution in [2.24, 2.45) is 0 Å². The van der Waals surface area contributed by atoms with E-state index in [1.807, 2.05) is 42.5 Å². The van der Waals surface area contributed by atoms with Crippen LogP contribution in [0.2, 0.25) is 0 Å². The highest BCUT2D eigenvalue weighted by atomic mass is 32.1. The Morgan fingerprint density at radius 1 is 1.02 bits per heavy atom. The maximum atomic E-state index is 14.4. The predicted molar refractivity (Wildman–Crippen MR) is 189 cm³/mol. The average molecular weight is 750 g/mol. The molecule has 0 bridgehead atoms. The number of nitrogens with zero attached hydrogens (tertiary/aromatic N) is 3. The molecule has 0 unspecified atom stereocenters. The Hall–Kier alpha value is -5.00. The number of thiophene rings is 1. The molecule has 2 saturated heterocycles. The van der Waals surface area contributed by atoms with Gasteiger partial charge in [-0.2, -0.15) is 14.0 Å². The number of benzene rings is 3. The Morgan fingerprint density at radius 3 is 2.46 bits per heavy atom. The molecule has 2 aliphatic rings. The molecule has 6 rings (SSSR count). The standard InChI is InChI=1S/C36H34F2N5O7PS/c1-21(44)42-16-14-27-9-11-30(33(45)40-28-10-7-23(17-24(28)13-15-39)22-5-3-2-4-6-22)43(27)35(47)29(20-42)41-34(46)32-19-25-18-26(8-12-31(25)52-32)36(37,38)51(48,49)50/h2-8,10,12,17-19,27,29-30H,9,11,13-14,16,20H2,1H3,(H,40,45)(H,41,46)(H2,48,49,50)/t27-,29+,30+/m1/s1. The van der Waals surface area contributed by atoms with Gasteiger partial charge in [-0.15, -0.1) is 11.3 Å². The number of alkyl halides is 2. The number of carbonyl (C=O) groups is 4. The molecular weight excluding hydrogens is 715 g/mol. The van der Waals surface area contributed by atoms with Gasteiger partial charge in [0.1, 0.15) is 12.1 Å². The van der Waals surface area contributed by atoms with Crippen molar-refractivity contribution in [1.82, 2.24) is 15.1 Å². The number of halogens is 2. The topological polar surface area (TPSA) is 180 Å². The Bertz CT molecular complexity index is 2150. The molecule has 3 aromatic carbocycles. The Labute approximate surface area is 301 Å². The number of anilines is 1. The average Bonchev–Trinajstić information content (AvgIpc) is 3.73. The van der Waals surface area contributed by atoms with Gasteiger partial charge in [-0.3, -0.25) is 23.7 Å². The van der Waals surface area contributed by atoms with Gasteiger partial charge in [0, 0.05) is 42.0 Å². The fourth-order valence-electron chi connectivity index (χ4n) is 6.74. The third-order valence-corrected chi connectivity index (χ3v) is 11.5. The molecule has 4 aromatic rings. The minimum absolute atomic E-state index is 0.0341. The van der Waals surface area contributed by atoms with Crippen molar-refractivity contribution in [2.75, 3.05) is 18.4 Å². The molecule has 2 fully saturated rings. The number of nitrogens with one attached hydrogen (secondary N) is 2. The summed E-state index contributed by atoms with van der Waals surface area (Å²) < 4.78 is 40.5. The van der Waals surface area contributed by atoms with Gasteiger partial charge < -0.3 is 30.2 Å². The molecule has 16 heteroatoms. The van der Waals surface area contributed by atoms with Crippen molar-refractivity contribution >= 4 is 58.3 Å². The minimum atomic E-state index is -5.82. The molecule has 270 valence electrons. The van der Waals surface area contributed by atoms with Crippen molar-refractivity contribution < 1.29 is 42.3 Å². The Morgan fingerprint density at radius 2 is 1.77 bits per heavy atom. The first-order valence-corrected chi connectivity index (χ1v) is 18.8. The van der Waals surface area contributed by atoms with Crippen molar-refractivity contribution in [3.8, 4) is 17.2 Å². The number of hydrogen-bond donors (Lipinski definition) is 4. The van der Waals surface area contributed by atoms with Crippen LogP contribution in [0.25, 0.3) is 21.2 Å². The number of rotatable bonds is 8. The molecule has 52 heavy (non-hydrogen) atoms. The second-order valence-electron chi connectivity index (χ2n) is 12.8. The first-order chi connectivity index (χ1) is 24.7. The van der Waals surface area contributed by atoms with E-state index in [4.69, 9.17) is 9.79 Å². The number of nitriles is 1. The lowest BCUT2D eigenvalue weighted by Crippen LogP contribution is -2.60. The van der Waals surface area contributed by atoms with Crippen molar-refractivity contribution in [1.29, 1.82) is 5.26 Å². The van der Waals surface area contributed by atoms with Gasteiger partial charge in [-0.1, -0.05) is 42.5 Å². The number of carbonyl (C=O) groups excluding carboxylic acids is 4. The summed E-state index contributed by atoms with van der Waals surface area (Å²) in [6, 6.07) is 18.8. The van der Waals surface area contributed by atoms with Gasteiger partial charge in [-0.05, 0) is 71.7 Å². The van der Waals surface area contributed by atoms with Crippen LogP contribution in [0.4, 0.5) is 14.5 Å². The molecule has 2 aliphatic heterocycles. The highest BCUT2D eigenvalue weighted by molar-refractivity contribution is 7.52. The van der Waals surface area contributed by atoms with Gasteiger partial charge in [0.2, 0.25) is 17.7 Å². The molecule has 3 heterocycles. The van der Waals surface area contributed by atoms with Crippen LogP contribution in [0.1, 0.15) is 47.0 Å². The summed E-state index contributed by atoms with van der Waals surface area (Å²) in [4.78, 5) is 75.5. The molecule has 0 spiro atoms. The third-order valence-electron chi connectivity index (χ3n) is 9.44. The molecule has 0 saturated carbocycles. The van der Waals surface area contributed by atoms with Gasteiger partial charge in [0.05, 0.1) is 17.4 Å². The van der Waals surface area contributed by atoms with E-state index in [2.05, 4.69) is 16.7 Å². The van der Waals surface area contributed by atoms with Crippen LogP contribution in [0.15, 0.2) is 72.8 Å². The fourth-order valence-corrected chi connectivity index (χ4v) is 8.16. The first-order valence-electron chi connectivity index (χ1n) is 16.4. The number of amides is 4. The number of hydrogen-bond acceptors (Lipinski definition) is 7. The SMILES string of the molecule is CC(=O)N1CC[C@H]2CC[C@@H](C(=O)Nc3ccc(-c4ccccc4)cc3CC#N)N2C(=O)[C@@H](NC(=O)c2cc3cc(C(F)(F)P(=O)(O)O)ccc3s2)C1. The second-order valence-corrected chi connectivity index (χ2v) is 15.5. The van der Waals surface area contributed by atoms with Crippen LogP contribution in [0.3, 0.4) is 0 Å². The van der Waals surface area contributed by atoms with Crippen LogP contribution < -0.4 is 10.6 Å². The highest BCUT2D eigenvalue weighted by Gasteiger charge is 2.50. The lowest BCUT2D eigenvalue weighted by molar-refractivity contribution is -0.143. The largest absolute Gasteiger partial charge is 0.399 e. The van der Waals surface area contributed by atoms with Gasteiger partial charge >= 0.3 is 13.3 Å². The maximum absolute atomic E-state index is 14.4. The lowest BCUT2D eigenvalue weighted by atomic mass is 10.00. The zero-order valence-electron chi connectivity index (χ0n) is 27.8. The summed E-state index contributed by atoms with van der Waals surface area (Å²) in [5.74, 6) is -2.06. The molecule has 12 nitrogen and oxygen atoms in total. The zero-order chi connectivity index (χ0) is 37.4. The lowest BCUT2D eigenvalue weighted by Gasteiger charge is -2.38. The van der Waals surface area contributed by atoms with Gasteiger partial charge in [0.15, 0.2) is 0 Å². The highest BCUT2D eigenvalue weighted by Crippen LogP contribution is 2.59. The molecule has 1 aromatic heterocycles. The van der Waals surface area contributed by atoms with Gasteiger partial charge in [-0.25, -0.2) is 0 Å². The van der Waals surface area contributed by atoms with E-state index in [0.29, 0.717) is 35.2 Å². The summed E-state index contributed by atoms with van der Waals surface area (Å²) in [6.07, 6.45) is 1.26. The van der Waals surface area contributed by atoms with E-state index < -0.39 is 54.7 Å². The Kier molecular flexibility index (Phi) is 10.3. The van der Waals surface area contributed by atoms with Crippen LogP contribution in [-0.2, 0) is 31.0 Å². The third kappa shape index (κ3) is 7.33. The summed E-state index contributed by atoms with van der Waals surface area (Å²) >= 11 is 0.926. The van der Waals surface area contributed by atoms with Crippen molar-refractivity contribution in [2.45, 2.75) is 56.4 Å². The first kappa shape index (κ1) is 36.8. The molecule has 4 amide bonds. The fraction of sp³-hybridized carbons (Fsp3) is 0.306. The van der Waals surface area contributed by atoms with Crippen LogP contribution in [-0.4, -0.2) is 74.4 Å². The van der Waals surface area contributed by atoms with Gasteiger partial charge in [0.25, 0.3) is 5.91 Å². The minimum Gasteiger partial charge on any atom is -0.340 e. The van der Waals surface area contributed by atoms with E-state index in [9.17, 15) is 37.8 Å². The summed E-state index contributed by atoms with van der Waals surface area (Å²) in [7, 11) is -5.82. The van der Waals surface area contributed by atoms with E-state index in [-0.39, 0.29) is 35.7 Å². The summed E-state index contributed by atoms with van der Waals surface area (Å²) in [5.41, 5.74) is -2.50. The molecule has 0 aliphatic carbocycles. The normalized spacial score (nSPS) is 19.4. The quantitative estimate of drug-likeness (QED) is 0.177.